The zero-order chi connectivity index (χ0) is 16.9. The predicted molar refractivity (Wildman–Crippen MR) is 96.6 cm³/mol. The van der Waals surface area contributed by atoms with Crippen molar-refractivity contribution in [3.05, 3.63) is 40.7 Å². The molecule has 0 aliphatic carbocycles. The third-order valence-corrected chi connectivity index (χ3v) is 4.00. The molecule has 3 N–H and O–H groups in total. The van der Waals surface area contributed by atoms with Crippen LogP contribution in [0.3, 0.4) is 0 Å². The quantitative estimate of drug-likeness (QED) is 0.725. The first-order valence-corrected chi connectivity index (χ1v) is 8.07. The van der Waals surface area contributed by atoms with Gasteiger partial charge in [-0.3, -0.25) is 9.89 Å². The molecule has 0 fully saturated rings. The number of fused-ring (bicyclic) bond motifs is 1. The number of aromatic amines is 1. The molecule has 7 nitrogen and oxygen atoms in total. The lowest BCUT2D eigenvalue weighted by Crippen LogP contribution is -2.28. The summed E-state index contributed by atoms with van der Waals surface area (Å²) in [6.07, 6.45) is 0.867. The Morgan fingerprint density at radius 3 is 2.96 bits per heavy atom. The number of ether oxygens (including phenoxy) is 2. The Bertz CT molecular complexity index is 733. The first-order valence-electron chi connectivity index (χ1n) is 8.07. The van der Waals surface area contributed by atoms with Crippen LogP contribution in [-0.2, 0) is 19.5 Å². The van der Waals surface area contributed by atoms with Crippen molar-refractivity contribution in [3.63, 3.8) is 0 Å². The molecule has 1 aromatic carbocycles. The van der Waals surface area contributed by atoms with Crippen LogP contribution in [0.25, 0.3) is 0 Å². The van der Waals surface area contributed by atoms with Gasteiger partial charge in [0.25, 0.3) is 5.91 Å². The van der Waals surface area contributed by atoms with Crippen molar-refractivity contribution in [1.82, 2.24) is 20.8 Å². The van der Waals surface area contributed by atoms with Crippen LogP contribution in [0.4, 0.5) is 0 Å². The van der Waals surface area contributed by atoms with Gasteiger partial charge < -0.3 is 20.1 Å². The summed E-state index contributed by atoms with van der Waals surface area (Å²) in [6.45, 7) is 4.47. The zero-order valence-electron chi connectivity index (χ0n) is 14.3. The lowest BCUT2D eigenvalue weighted by atomic mass is 10.1. The molecule has 0 saturated carbocycles. The van der Waals surface area contributed by atoms with Crippen molar-refractivity contribution < 1.29 is 14.3 Å². The Morgan fingerprint density at radius 2 is 2.20 bits per heavy atom. The highest BCUT2D eigenvalue weighted by Gasteiger charge is 2.21. The Morgan fingerprint density at radius 1 is 1.36 bits per heavy atom. The summed E-state index contributed by atoms with van der Waals surface area (Å²) in [7, 11) is 1.60. The number of rotatable bonds is 6. The molecule has 2 aromatic rings. The van der Waals surface area contributed by atoms with E-state index in [1.807, 2.05) is 25.1 Å². The van der Waals surface area contributed by atoms with Gasteiger partial charge in [0.1, 0.15) is 0 Å². The number of amides is 1. The van der Waals surface area contributed by atoms with Crippen LogP contribution in [-0.4, -0.2) is 36.4 Å². The lowest BCUT2D eigenvalue weighted by molar-refractivity contribution is 0.0944. The van der Waals surface area contributed by atoms with E-state index in [4.69, 9.17) is 9.47 Å². The molecule has 1 aromatic heterocycles. The van der Waals surface area contributed by atoms with Crippen LogP contribution in [0, 0.1) is 0 Å². The van der Waals surface area contributed by atoms with Gasteiger partial charge in [-0.25, -0.2) is 0 Å². The summed E-state index contributed by atoms with van der Waals surface area (Å²) in [5.74, 6) is 1.18. The normalized spacial score (nSPS) is 12.7. The number of aromatic nitrogens is 2. The van der Waals surface area contributed by atoms with Crippen LogP contribution < -0.4 is 20.1 Å². The Balaban J connectivity index is 0.00000225. The maximum Gasteiger partial charge on any atom is 0.272 e. The van der Waals surface area contributed by atoms with Crippen LogP contribution in [0.1, 0.15) is 34.2 Å². The zero-order valence-corrected chi connectivity index (χ0v) is 15.2. The Kier molecular flexibility index (Phi) is 6.66. The molecule has 0 bridgehead atoms. The first-order chi connectivity index (χ1) is 11.7. The number of H-pyrrole nitrogens is 1. The van der Waals surface area contributed by atoms with Gasteiger partial charge in [-0.05, 0) is 24.6 Å². The van der Waals surface area contributed by atoms with E-state index in [1.54, 1.807) is 7.11 Å². The second-order valence-electron chi connectivity index (χ2n) is 5.56. The lowest BCUT2D eigenvalue weighted by Gasteiger charge is -2.13. The molecule has 0 radical (unpaired) electrons. The molecular weight excluding hydrogens is 344 g/mol. The molecular formula is C17H23ClN4O3. The molecule has 25 heavy (non-hydrogen) atoms. The van der Waals surface area contributed by atoms with Crippen LogP contribution in [0.15, 0.2) is 18.2 Å². The standard InChI is InChI=1S/C17H22N4O3.ClH/c1-3-24-14-5-4-11(8-15(14)23-2)9-19-17(22)16-12-10-18-7-6-13(12)20-21-16;/h4-5,8,18H,3,6-7,9-10H2,1-2H3,(H,19,22)(H,20,21);1H. The molecule has 1 aliphatic rings. The molecule has 2 heterocycles. The van der Waals surface area contributed by atoms with E-state index in [9.17, 15) is 4.79 Å². The Labute approximate surface area is 152 Å². The van der Waals surface area contributed by atoms with Gasteiger partial charge in [-0.15, -0.1) is 12.4 Å². The second kappa shape index (κ2) is 8.73. The summed E-state index contributed by atoms with van der Waals surface area (Å²) >= 11 is 0. The molecule has 1 aliphatic heterocycles. The fourth-order valence-electron chi connectivity index (χ4n) is 2.78. The Hall–Kier alpha value is -2.25. The predicted octanol–water partition coefficient (Wildman–Crippen LogP) is 1.81. The van der Waals surface area contributed by atoms with E-state index in [0.29, 0.717) is 36.9 Å². The summed E-state index contributed by atoms with van der Waals surface area (Å²) in [5.41, 5.74) is 3.41. The first kappa shape index (κ1) is 19.1. The number of hydrogen-bond donors (Lipinski definition) is 3. The fourth-order valence-corrected chi connectivity index (χ4v) is 2.78. The van der Waals surface area contributed by atoms with E-state index < -0.39 is 0 Å². The van der Waals surface area contributed by atoms with Crippen molar-refractivity contribution in [1.29, 1.82) is 0 Å². The van der Waals surface area contributed by atoms with E-state index >= 15 is 0 Å². The largest absolute Gasteiger partial charge is 0.493 e. The van der Waals surface area contributed by atoms with Crippen LogP contribution >= 0.6 is 12.4 Å². The molecule has 3 rings (SSSR count). The average molecular weight is 367 g/mol. The van der Waals surface area contributed by atoms with Gasteiger partial charge in [-0.1, -0.05) is 6.07 Å². The second-order valence-corrected chi connectivity index (χ2v) is 5.56. The van der Waals surface area contributed by atoms with E-state index in [1.165, 1.54) is 0 Å². The van der Waals surface area contributed by atoms with Crippen molar-refractivity contribution in [3.8, 4) is 11.5 Å². The minimum Gasteiger partial charge on any atom is -0.493 e. The van der Waals surface area contributed by atoms with Crippen LogP contribution in [0.2, 0.25) is 0 Å². The van der Waals surface area contributed by atoms with Gasteiger partial charge >= 0.3 is 0 Å². The number of nitrogens with zero attached hydrogens (tertiary/aromatic N) is 1. The molecule has 1 amide bonds. The number of nitrogens with one attached hydrogen (secondary N) is 3. The maximum atomic E-state index is 12.4. The van der Waals surface area contributed by atoms with Gasteiger partial charge in [0, 0.05) is 37.3 Å². The smallest absolute Gasteiger partial charge is 0.272 e. The molecule has 0 atom stereocenters. The van der Waals surface area contributed by atoms with Gasteiger partial charge in [0.15, 0.2) is 17.2 Å². The SMILES string of the molecule is CCOc1ccc(CNC(=O)c2n[nH]c3c2CNCC3)cc1OC.Cl. The summed E-state index contributed by atoms with van der Waals surface area (Å²) in [5, 5.41) is 13.3. The van der Waals surface area contributed by atoms with Gasteiger partial charge in [-0.2, -0.15) is 5.10 Å². The van der Waals surface area contributed by atoms with Crippen molar-refractivity contribution in [2.45, 2.75) is 26.4 Å². The monoisotopic (exact) mass is 366 g/mol. The molecule has 0 unspecified atom stereocenters. The summed E-state index contributed by atoms with van der Waals surface area (Å²) in [6, 6.07) is 5.63. The van der Waals surface area contributed by atoms with Gasteiger partial charge in [0.2, 0.25) is 0 Å². The fraction of sp³-hybridized carbons (Fsp3) is 0.412. The summed E-state index contributed by atoms with van der Waals surface area (Å²) in [4.78, 5) is 12.4. The third-order valence-electron chi connectivity index (χ3n) is 4.00. The summed E-state index contributed by atoms with van der Waals surface area (Å²) < 4.78 is 10.8. The molecule has 0 saturated heterocycles. The number of methoxy groups -OCH3 is 1. The minimum atomic E-state index is -0.177. The highest BCUT2D eigenvalue weighted by atomic mass is 35.5. The third kappa shape index (κ3) is 4.24. The molecule has 136 valence electrons. The highest BCUT2D eigenvalue weighted by Crippen LogP contribution is 2.28. The van der Waals surface area contributed by atoms with Gasteiger partial charge in [0.05, 0.1) is 13.7 Å². The van der Waals surface area contributed by atoms with Crippen molar-refractivity contribution >= 4 is 18.3 Å². The number of halogens is 1. The van der Waals surface area contributed by atoms with E-state index in [0.717, 1.165) is 29.8 Å². The topological polar surface area (TPSA) is 88.3 Å². The molecule has 8 heteroatoms. The number of hydrogen-bond acceptors (Lipinski definition) is 5. The van der Waals surface area contributed by atoms with Crippen molar-refractivity contribution in [2.75, 3.05) is 20.3 Å². The minimum absolute atomic E-state index is 0. The molecule has 0 spiro atoms. The maximum absolute atomic E-state index is 12.4. The van der Waals surface area contributed by atoms with E-state index in [2.05, 4.69) is 20.8 Å². The highest BCUT2D eigenvalue weighted by molar-refractivity contribution is 5.94. The van der Waals surface area contributed by atoms with Crippen LogP contribution in [0.5, 0.6) is 11.5 Å². The number of carbonyl (C=O) groups excluding carboxylic acids is 1. The van der Waals surface area contributed by atoms with E-state index in [-0.39, 0.29) is 18.3 Å². The average Bonchev–Trinajstić information content (AvgIpc) is 3.05. The number of benzene rings is 1. The number of carbonyl (C=O) groups is 1. The van der Waals surface area contributed by atoms with Crippen molar-refractivity contribution in [2.24, 2.45) is 0 Å².